The van der Waals surface area contributed by atoms with Gasteiger partial charge >= 0.3 is 0 Å². The average Bonchev–Trinajstić information content (AvgIpc) is 3.36. The number of hydrogen-bond acceptors (Lipinski definition) is 8. The second kappa shape index (κ2) is 7.70. The number of hydrogen-bond donors (Lipinski definition) is 1. The molecule has 0 bridgehead atoms. The maximum Gasteiger partial charge on any atom is 0.234 e. The minimum absolute atomic E-state index is 0.00448. The standard InChI is InChI=1S/C17H22N8O2/c1-2-25-17-15(21-22-25)16(19-12-20-17)24-7-5-23(6-8-24)11-14(26)18-10-13-4-3-9-27-13/h3-4,9,12H,2,5-8,10-11H2,1H3,(H,18,26). The lowest BCUT2D eigenvalue weighted by molar-refractivity contribution is -0.122. The Morgan fingerprint density at radius 3 is 2.85 bits per heavy atom. The van der Waals surface area contributed by atoms with Gasteiger partial charge in [-0.3, -0.25) is 9.69 Å². The van der Waals surface area contributed by atoms with Crippen molar-refractivity contribution >= 4 is 22.9 Å². The molecule has 142 valence electrons. The van der Waals surface area contributed by atoms with E-state index in [-0.39, 0.29) is 5.91 Å². The minimum atomic E-state index is -0.00448. The number of anilines is 1. The third-order valence-electron chi connectivity index (χ3n) is 4.66. The average molecular weight is 370 g/mol. The monoisotopic (exact) mass is 370 g/mol. The Balaban J connectivity index is 1.32. The van der Waals surface area contributed by atoms with Gasteiger partial charge in [-0.25, -0.2) is 14.6 Å². The summed E-state index contributed by atoms with van der Waals surface area (Å²) in [4.78, 5) is 25.1. The zero-order valence-electron chi connectivity index (χ0n) is 15.2. The van der Waals surface area contributed by atoms with Gasteiger partial charge in [0.15, 0.2) is 17.0 Å². The Kier molecular flexibility index (Phi) is 4.97. The summed E-state index contributed by atoms with van der Waals surface area (Å²) >= 11 is 0. The second-order valence-electron chi connectivity index (χ2n) is 6.39. The molecule has 4 rings (SSSR count). The number of rotatable bonds is 6. The summed E-state index contributed by atoms with van der Waals surface area (Å²) in [6.07, 6.45) is 3.16. The minimum Gasteiger partial charge on any atom is -0.467 e. The van der Waals surface area contributed by atoms with Crippen LogP contribution in [0.15, 0.2) is 29.1 Å². The van der Waals surface area contributed by atoms with Crippen LogP contribution in [0.4, 0.5) is 5.82 Å². The summed E-state index contributed by atoms with van der Waals surface area (Å²) in [5.74, 6) is 1.55. The van der Waals surface area contributed by atoms with E-state index in [9.17, 15) is 4.79 Å². The Hall–Kier alpha value is -3.01. The van der Waals surface area contributed by atoms with E-state index in [1.54, 1.807) is 17.3 Å². The van der Waals surface area contributed by atoms with Gasteiger partial charge in [0.1, 0.15) is 12.1 Å². The molecule has 0 spiro atoms. The molecule has 0 saturated carbocycles. The molecule has 10 heteroatoms. The number of aryl methyl sites for hydroxylation is 1. The van der Waals surface area contributed by atoms with E-state index in [4.69, 9.17) is 4.42 Å². The predicted molar refractivity (Wildman–Crippen MR) is 98.0 cm³/mol. The fourth-order valence-corrected chi connectivity index (χ4v) is 3.20. The maximum atomic E-state index is 12.1. The molecule has 1 N–H and O–H groups in total. The van der Waals surface area contributed by atoms with E-state index in [1.807, 2.05) is 19.1 Å². The normalized spacial score (nSPS) is 15.4. The molecule has 0 aromatic carbocycles. The van der Waals surface area contributed by atoms with E-state index in [0.29, 0.717) is 19.6 Å². The second-order valence-corrected chi connectivity index (χ2v) is 6.39. The molecule has 0 aliphatic carbocycles. The van der Waals surface area contributed by atoms with Crippen LogP contribution in [-0.2, 0) is 17.9 Å². The highest BCUT2D eigenvalue weighted by molar-refractivity contribution is 5.82. The summed E-state index contributed by atoms with van der Waals surface area (Å²) in [5, 5.41) is 11.3. The summed E-state index contributed by atoms with van der Waals surface area (Å²) in [7, 11) is 0. The SMILES string of the molecule is CCn1nnc2c(N3CCN(CC(=O)NCc4ccco4)CC3)ncnc21. The fraction of sp³-hybridized carbons (Fsp3) is 0.471. The van der Waals surface area contributed by atoms with Crippen molar-refractivity contribution in [2.45, 2.75) is 20.0 Å². The molecule has 1 aliphatic heterocycles. The van der Waals surface area contributed by atoms with Crippen LogP contribution >= 0.6 is 0 Å². The van der Waals surface area contributed by atoms with Crippen molar-refractivity contribution < 1.29 is 9.21 Å². The largest absolute Gasteiger partial charge is 0.467 e. The Labute approximate surface area is 156 Å². The van der Waals surface area contributed by atoms with Crippen molar-refractivity contribution in [2.75, 3.05) is 37.6 Å². The molecule has 1 saturated heterocycles. The molecule has 1 aliphatic rings. The van der Waals surface area contributed by atoms with Gasteiger partial charge in [0.2, 0.25) is 5.91 Å². The molecule has 1 fully saturated rings. The molecule has 27 heavy (non-hydrogen) atoms. The van der Waals surface area contributed by atoms with E-state index in [2.05, 4.69) is 35.4 Å². The van der Waals surface area contributed by atoms with Crippen LogP contribution in [0.3, 0.4) is 0 Å². The van der Waals surface area contributed by atoms with Crippen LogP contribution in [-0.4, -0.2) is 68.5 Å². The Bertz CT molecular complexity index is 899. The fourth-order valence-electron chi connectivity index (χ4n) is 3.20. The van der Waals surface area contributed by atoms with Crippen molar-refractivity contribution in [2.24, 2.45) is 0 Å². The molecule has 0 radical (unpaired) electrons. The molecule has 1 amide bonds. The van der Waals surface area contributed by atoms with Crippen molar-refractivity contribution in [1.82, 2.24) is 35.2 Å². The van der Waals surface area contributed by atoms with E-state index < -0.39 is 0 Å². The first-order chi connectivity index (χ1) is 13.2. The number of fused-ring (bicyclic) bond motifs is 1. The first kappa shape index (κ1) is 17.4. The summed E-state index contributed by atoms with van der Waals surface area (Å²) in [6, 6.07) is 3.65. The van der Waals surface area contributed by atoms with E-state index >= 15 is 0 Å². The molecular formula is C17H22N8O2. The maximum absolute atomic E-state index is 12.1. The summed E-state index contributed by atoms with van der Waals surface area (Å²) in [6.45, 7) is 6.62. The van der Waals surface area contributed by atoms with Gasteiger partial charge in [0.25, 0.3) is 0 Å². The third kappa shape index (κ3) is 3.75. The zero-order chi connectivity index (χ0) is 18.6. The first-order valence-electron chi connectivity index (χ1n) is 9.05. The van der Waals surface area contributed by atoms with E-state index in [1.165, 1.54) is 0 Å². The van der Waals surface area contributed by atoms with Crippen LogP contribution in [0.5, 0.6) is 0 Å². The van der Waals surface area contributed by atoms with Gasteiger partial charge in [-0.2, -0.15) is 0 Å². The number of carbonyl (C=O) groups excluding carboxylic acids is 1. The summed E-state index contributed by atoms with van der Waals surface area (Å²) < 4.78 is 6.99. The lowest BCUT2D eigenvalue weighted by Crippen LogP contribution is -2.49. The van der Waals surface area contributed by atoms with Crippen LogP contribution in [0.2, 0.25) is 0 Å². The van der Waals surface area contributed by atoms with Gasteiger partial charge in [0, 0.05) is 32.7 Å². The Morgan fingerprint density at radius 1 is 1.26 bits per heavy atom. The number of aromatic nitrogens is 5. The topological polar surface area (TPSA) is 105 Å². The highest BCUT2D eigenvalue weighted by Gasteiger charge is 2.23. The lowest BCUT2D eigenvalue weighted by Gasteiger charge is -2.34. The molecule has 0 unspecified atom stereocenters. The van der Waals surface area contributed by atoms with Crippen molar-refractivity contribution in [3.8, 4) is 0 Å². The van der Waals surface area contributed by atoms with Crippen molar-refractivity contribution in [3.05, 3.63) is 30.5 Å². The van der Waals surface area contributed by atoms with Crippen LogP contribution in [0.1, 0.15) is 12.7 Å². The zero-order valence-corrected chi connectivity index (χ0v) is 15.2. The predicted octanol–water partition coefficient (Wildman–Crippen LogP) is 0.273. The number of carbonyl (C=O) groups is 1. The molecule has 3 aromatic heterocycles. The van der Waals surface area contributed by atoms with E-state index in [0.717, 1.165) is 48.9 Å². The van der Waals surface area contributed by atoms with Crippen LogP contribution in [0, 0.1) is 0 Å². The van der Waals surface area contributed by atoms with Crippen molar-refractivity contribution in [3.63, 3.8) is 0 Å². The molecule has 0 atom stereocenters. The quantitative estimate of drug-likeness (QED) is 0.659. The number of nitrogens with zero attached hydrogens (tertiary/aromatic N) is 7. The number of nitrogens with one attached hydrogen (secondary N) is 1. The number of amides is 1. The van der Waals surface area contributed by atoms with Crippen LogP contribution in [0.25, 0.3) is 11.2 Å². The van der Waals surface area contributed by atoms with Gasteiger partial charge in [-0.05, 0) is 19.1 Å². The van der Waals surface area contributed by atoms with Gasteiger partial charge in [0.05, 0.1) is 19.4 Å². The van der Waals surface area contributed by atoms with Gasteiger partial charge < -0.3 is 14.6 Å². The van der Waals surface area contributed by atoms with Gasteiger partial charge in [-0.15, -0.1) is 5.10 Å². The highest BCUT2D eigenvalue weighted by atomic mass is 16.3. The van der Waals surface area contributed by atoms with Gasteiger partial charge in [-0.1, -0.05) is 5.21 Å². The molecule has 10 nitrogen and oxygen atoms in total. The molecule has 3 aromatic rings. The molecule has 4 heterocycles. The van der Waals surface area contributed by atoms with Crippen LogP contribution < -0.4 is 10.2 Å². The smallest absolute Gasteiger partial charge is 0.234 e. The highest BCUT2D eigenvalue weighted by Crippen LogP contribution is 2.21. The number of piperazine rings is 1. The van der Waals surface area contributed by atoms with Crippen molar-refractivity contribution in [1.29, 1.82) is 0 Å². The number of furan rings is 1. The Morgan fingerprint density at radius 2 is 2.11 bits per heavy atom. The lowest BCUT2D eigenvalue weighted by atomic mass is 10.3. The third-order valence-corrected chi connectivity index (χ3v) is 4.66. The first-order valence-corrected chi connectivity index (χ1v) is 9.05. The summed E-state index contributed by atoms with van der Waals surface area (Å²) in [5.41, 5.74) is 1.48. The molecular weight excluding hydrogens is 348 g/mol.